The molecule has 2 atom stereocenters. The Hall–Kier alpha value is -3.13. The Morgan fingerprint density at radius 3 is 2.67 bits per heavy atom. The Balaban J connectivity index is 1.43. The van der Waals surface area contributed by atoms with E-state index in [1.165, 1.54) is 6.08 Å². The summed E-state index contributed by atoms with van der Waals surface area (Å²) in [6.45, 7) is 4.76. The van der Waals surface area contributed by atoms with Crippen LogP contribution in [0.2, 0.25) is 0 Å². The number of aromatic nitrogens is 1. The van der Waals surface area contributed by atoms with Crippen LogP contribution in [0, 0.1) is 0 Å². The number of benzene rings is 1. The summed E-state index contributed by atoms with van der Waals surface area (Å²) in [6, 6.07) is 6.80. The minimum Gasteiger partial charge on any atom is -0.377 e. The lowest BCUT2D eigenvalue weighted by Crippen LogP contribution is -2.55. The van der Waals surface area contributed by atoms with Crippen molar-refractivity contribution < 1.29 is 19.1 Å². The van der Waals surface area contributed by atoms with E-state index in [4.69, 9.17) is 4.74 Å². The van der Waals surface area contributed by atoms with E-state index in [1.807, 2.05) is 18.2 Å². The first-order valence-corrected chi connectivity index (χ1v) is 10.3. The predicted octanol–water partition coefficient (Wildman–Crippen LogP) is 1.06. The van der Waals surface area contributed by atoms with Gasteiger partial charge < -0.3 is 25.3 Å². The monoisotopic (exact) mass is 408 g/mol. The van der Waals surface area contributed by atoms with Gasteiger partial charge in [0, 0.05) is 17.5 Å². The average Bonchev–Trinajstić information content (AvgIpc) is 3.31. The van der Waals surface area contributed by atoms with Gasteiger partial charge in [0.1, 0.15) is 5.69 Å². The molecule has 1 aromatic carbocycles. The van der Waals surface area contributed by atoms with E-state index >= 15 is 0 Å². The smallest absolute Gasteiger partial charge is 0.268 e. The number of carbonyl (C=O) groups excluding carboxylic acids is 3. The zero-order chi connectivity index (χ0) is 20.9. The average molecular weight is 408 g/mol. The zero-order valence-electron chi connectivity index (χ0n) is 16.6. The number of hydrogen-bond acceptors (Lipinski definition) is 4. The topological polar surface area (TPSA) is 101 Å². The Bertz CT molecular complexity index is 1070. The second-order valence-electron chi connectivity index (χ2n) is 8.34. The third kappa shape index (κ3) is 2.90. The van der Waals surface area contributed by atoms with Crippen molar-refractivity contribution >= 4 is 28.6 Å². The molecule has 2 fully saturated rings. The molecule has 0 radical (unpaired) electrons. The largest absolute Gasteiger partial charge is 0.377 e. The van der Waals surface area contributed by atoms with Crippen molar-refractivity contribution in [2.24, 2.45) is 0 Å². The number of rotatable bonds is 4. The first kappa shape index (κ1) is 18.9. The Labute approximate surface area is 173 Å². The number of nitrogens with zero attached hydrogens (tertiary/aromatic N) is 1. The van der Waals surface area contributed by atoms with Crippen LogP contribution in [0.4, 0.5) is 0 Å². The van der Waals surface area contributed by atoms with E-state index in [0.29, 0.717) is 31.0 Å². The standard InChI is InChI=1S/C22H24N4O4/c1-2-19(27)24-15-10-30-11-16(15)25-20(28)14-5-4-13-8-18-21(29)23-12-22(6-3-7-22)26(18)17(13)9-14/h2,4-5,8-9,15-16H,1,3,6-7,10-12H2,(H,23,29)(H,24,27)(H,25,28). The van der Waals surface area contributed by atoms with E-state index in [9.17, 15) is 14.4 Å². The number of fused-ring (bicyclic) bond motifs is 4. The highest BCUT2D eigenvalue weighted by atomic mass is 16.5. The highest BCUT2D eigenvalue weighted by Gasteiger charge is 2.44. The van der Waals surface area contributed by atoms with E-state index in [2.05, 4.69) is 27.1 Å². The van der Waals surface area contributed by atoms with Crippen molar-refractivity contribution in [1.29, 1.82) is 0 Å². The number of carbonyl (C=O) groups is 3. The molecular weight excluding hydrogens is 384 g/mol. The van der Waals surface area contributed by atoms with Crippen molar-refractivity contribution in [3.63, 3.8) is 0 Å². The molecule has 3 heterocycles. The van der Waals surface area contributed by atoms with Gasteiger partial charge in [-0.1, -0.05) is 12.6 Å². The zero-order valence-corrected chi connectivity index (χ0v) is 16.6. The molecule has 1 aliphatic carbocycles. The summed E-state index contributed by atoms with van der Waals surface area (Å²) in [7, 11) is 0. The quantitative estimate of drug-likeness (QED) is 0.659. The highest BCUT2D eigenvalue weighted by Crippen LogP contribution is 2.44. The van der Waals surface area contributed by atoms with Crippen LogP contribution in [0.3, 0.4) is 0 Å². The predicted molar refractivity (Wildman–Crippen MR) is 110 cm³/mol. The molecule has 2 aliphatic heterocycles. The van der Waals surface area contributed by atoms with Crippen molar-refractivity contribution in [1.82, 2.24) is 20.5 Å². The van der Waals surface area contributed by atoms with Crippen LogP contribution in [0.1, 0.15) is 40.1 Å². The van der Waals surface area contributed by atoms with Crippen LogP contribution < -0.4 is 16.0 Å². The normalized spacial score (nSPS) is 24.1. The van der Waals surface area contributed by atoms with Crippen LogP contribution >= 0.6 is 0 Å². The molecule has 1 saturated carbocycles. The second-order valence-corrected chi connectivity index (χ2v) is 8.34. The maximum atomic E-state index is 13.0. The Kier molecular flexibility index (Phi) is 4.39. The van der Waals surface area contributed by atoms with Gasteiger partial charge in [0.05, 0.1) is 36.4 Å². The molecule has 2 aromatic rings. The summed E-state index contributed by atoms with van der Waals surface area (Å²) in [6.07, 6.45) is 4.37. The Morgan fingerprint density at radius 2 is 1.97 bits per heavy atom. The molecule has 3 amide bonds. The van der Waals surface area contributed by atoms with E-state index in [-0.39, 0.29) is 35.3 Å². The van der Waals surface area contributed by atoms with Gasteiger partial charge >= 0.3 is 0 Å². The van der Waals surface area contributed by atoms with E-state index in [0.717, 1.165) is 30.2 Å². The minimum absolute atomic E-state index is 0.0707. The SMILES string of the molecule is C=CC(=O)NC1COCC1NC(=O)c1ccc2cc3n(c2c1)C1(CCC1)CNC3=O. The van der Waals surface area contributed by atoms with Gasteiger partial charge in [-0.15, -0.1) is 0 Å². The molecule has 2 unspecified atom stereocenters. The van der Waals surface area contributed by atoms with Gasteiger partial charge in [0.2, 0.25) is 5.91 Å². The van der Waals surface area contributed by atoms with Crippen LogP contribution in [0.5, 0.6) is 0 Å². The fourth-order valence-corrected chi connectivity index (χ4v) is 4.75. The summed E-state index contributed by atoms with van der Waals surface area (Å²) in [4.78, 5) is 37.0. The lowest BCUT2D eigenvalue weighted by atomic mass is 9.75. The third-order valence-electron chi connectivity index (χ3n) is 6.55. The lowest BCUT2D eigenvalue weighted by molar-refractivity contribution is -0.117. The molecule has 3 aliphatic rings. The maximum absolute atomic E-state index is 13.0. The van der Waals surface area contributed by atoms with Crippen molar-refractivity contribution in [2.45, 2.75) is 36.9 Å². The first-order chi connectivity index (χ1) is 14.5. The van der Waals surface area contributed by atoms with E-state index in [1.54, 1.807) is 6.07 Å². The molecule has 8 heteroatoms. The summed E-state index contributed by atoms with van der Waals surface area (Å²) in [5.41, 5.74) is 2.00. The molecule has 0 bridgehead atoms. The van der Waals surface area contributed by atoms with E-state index < -0.39 is 0 Å². The summed E-state index contributed by atoms with van der Waals surface area (Å²) >= 11 is 0. The number of hydrogen-bond donors (Lipinski definition) is 3. The summed E-state index contributed by atoms with van der Waals surface area (Å²) in [5, 5.41) is 9.71. The summed E-state index contributed by atoms with van der Waals surface area (Å²) < 4.78 is 7.57. The number of nitrogens with one attached hydrogen (secondary N) is 3. The molecule has 5 rings (SSSR count). The minimum atomic E-state index is -0.318. The van der Waals surface area contributed by atoms with Crippen molar-refractivity contribution in [3.8, 4) is 0 Å². The molecule has 1 saturated heterocycles. The number of amides is 3. The van der Waals surface area contributed by atoms with Gasteiger partial charge in [-0.3, -0.25) is 14.4 Å². The lowest BCUT2D eigenvalue weighted by Gasteiger charge is -2.47. The van der Waals surface area contributed by atoms with Gasteiger partial charge in [0.15, 0.2) is 0 Å². The fourth-order valence-electron chi connectivity index (χ4n) is 4.75. The third-order valence-corrected chi connectivity index (χ3v) is 6.55. The van der Waals surface area contributed by atoms with Crippen LogP contribution in [-0.2, 0) is 15.1 Å². The van der Waals surface area contributed by atoms with Crippen LogP contribution in [-0.4, -0.2) is 54.1 Å². The molecule has 1 aromatic heterocycles. The van der Waals surface area contributed by atoms with Crippen molar-refractivity contribution in [3.05, 3.63) is 48.2 Å². The summed E-state index contributed by atoms with van der Waals surface area (Å²) in [5.74, 6) is -0.600. The molecule has 1 spiro atoms. The van der Waals surface area contributed by atoms with Gasteiger partial charge in [-0.25, -0.2) is 0 Å². The molecule has 8 nitrogen and oxygen atoms in total. The van der Waals surface area contributed by atoms with Crippen molar-refractivity contribution in [2.75, 3.05) is 19.8 Å². The van der Waals surface area contributed by atoms with Gasteiger partial charge in [0.25, 0.3) is 11.8 Å². The molecule has 3 N–H and O–H groups in total. The maximum Gasteiger partial charge on any atom is 0.268 e. The van der Waals surface area contributed by atoms with Gasteiger partial charge in [-0.2, -0.15) is 0 Å². The second kappa shape index (κ2) is 6.98. The van der Waals surface area contributed by atoms with Gasteiger partial charge in [-0.05, 0) is 43.5 Å². The van der Waals surface area contributed by atoms with Crippen LogP contribution in [0.25, 0.3) is 10.9 Å². The Morgan fingerprint density at radius 1 is 1.20 bits per heavy atom. The molecule has 156 valence electrons. The molecule has 30 heavy (non-hydrogen) atoms. The molecular formula is C22H24N4O4. The highest BCUT2D eigenvalue weighted by molar-refractivity contribution is 6.03. The number of ether oxygens (including phenoxy) is 1. The first-order valence-electron chi connectivity index (χ1n) is 10.3. The fraction of sp³-hybridized carbons (Fsp3) is 0.409. The van der Waals surface area contributed by atoms with Crippen LogP contribution in [0.15, 0.2) is 36.9 Å².